The average molecular weight is 287 g/mol. The van der Waals surface area contributed by atoms with E-state index < -0.39 is 11.4 Å². The van der Waals surface area contributed by atoms with Crippen LogP contribution in [0.1, 0.15) is 27.9 Å². The van der Waals surface area contributed by atoms with Crippen molar-refractivity contribution >= 4 is 17.8 Å². The summed E-state index contributed by atoms with van der Waals surface area (Å²) in [5, 5.41) is 4.74. The monoisotopic (exact) mass is 287 g/mol. The molecule has 3 rings (SSSR count). The van der Waals surface area contributed by atoms with E-state index in [4.69, 9.17) is 0 Å². The lowest BCUT2D eigenvalue weighted by Crippen LogP contribution is -2.51. The van der Waals surface area contributed by atoms with Crippen molar-refractivity contribution in [3.63, 3.8) is 0 Å². The van der Waals surface area contributed by atoms with Crippen LogP contribution in [0.5, 0.6) is 0 Å². The first-order valence-corrected chi connectivity index (χ1v) is 6.57. The maximum absolute atomic E-state index is 12.1. The molecule has 1 fully saturated rings. The van der Waals surface area contributed by atoms with E-state index >= 15 is 0 Å². The Bertz CT molecular complexity index is 685. The summed E-state index contributed by atoms with van der Waals surface area (Å²) in [5.41, 5.74) is 1.22. The van der Waals surface area contributed by atoms with Crippen LogP contribution in [0.15, 0.2) is 23.4 Å². The summed E-state index contributed by atoms with van der Waals surface area (Å²) in [5.74, 6) is -1.08. The molecule has 1 atom stereocenters. The molecular formula is C14H13N3O4. The molecule has 1 heterocycles. The van der Waals surface area contributed by atoms with E-state index in [1.54, 1.807) is 19.2 Å². The van der Waals surface area contributed by atoms with Gasteiger partial charge in [-0.3, -0.25) is 14.9 Å². The third kappa shape index (κ3) is 1.84. The molecule has 0 radical (unpaired) electrons. The number of carbonyl (C=O) groups is 3. The number of benzene rings is 1. The third-order valence-corrected chi connectivity index (χ3v) is 4.42. The summed E-state index contributed by atoms with van der Waals surface area (Å²) in [6.45, 7) is 0. The van der Waals surface area contributed by atoms with Gasteiger partial charge in [-0.05, 0) is 36.1 Å². The molecule has 7 heteroatoms. The summed E-state index contributed by atoms with van der Waals surface area (Å²) in [7, 11) is 1.61. The lowest BCUT2D eigenvalue weighted by molar-refractivity contribution is -0.126. The van der Waals surface area contributed by atoms with Crippen LogP contribution in [0.3, 0.4) is 0 Å². The van der Waals surface area contributed by atoms with Crippen LogP contribution in [0, 0.1) is 4.91 Å². The summed E-state index contributed by atoms with van der Waals surface area (Å²) >= 11 is 0. The molecule has 1 saturated heterocycles. The molecule has 21 heavy (non-hydrogen) atoms. The van der Waals surface area contributed by atoms with Crippen molar-refractivity contribution < 1.29 is 14.4 Å². The number of nitroso groups, excluding NO2 is 1. The Kier molecular flexibility index (Phi) is 2.86. The van der Waals surface area contributed by atoms with E-state index in [0.717, 1.165) is 11.1 Å². The van der Waals surface area contributed by atoms with Crippen molar-refractivity contribution in [3.05, 3.63) is 39.8 Å². The lowest BCUT2D eigenvalue weighted by Gasteiger charge is -2.37. The molecule has 0 aromatic heterocycles. The minimum atomic E-state index is -0.849. The highest BCUT2D eigenvalue weighted by molar-refractivity contribution is 6.07. The van der Waals surface area contributed by atoms with Gasteiger partial charge in [0.1, 0.15) is 5.54 Å². The van der Waals surface area contributed by atoms with Gasteiger partial charge < -0.3 is 4.90 Å². The Balaban J connectivity index is 1.97. The van der Waals surface area contributed by atoms with Gasteiger partial charge in [0.25, 0.3) is 5.91 Å². The summed E-state index contributed by atoms with van der Waals surface area (Å²) in [6.07, 6.45) is 1.44. The van der Waals surface area contributed by atoms with Gasteiger partial charge in [-0.1, -0.05) is 6.07 Å². The van der Waals surface area contributed by atoms with E-state index in [2.05, 4.69) is 10.5 Å². The molecule has 1 unspecified atom stereocenters. The first kappa shape index (κ1) is 13.4. The standard InChI is InChI=1S/C14H13N3O4/c1-17-13(20)15-12(19)14(17)5-4-8-6-9(11(18)16-21)2-3-10(8)7-14/h2-3,6H,4-5,7H2,1H3,(H,15,19,20). The second-order valence-electron chi connectivity index (χ2n) is 5.41. The highest BCUT2D eigenvalue weighted by atomic mass is 16.3. The first-order valence-electron chi connectivity index (χ1n) is 6.57. The molecule has 7 nitrogen and oxygen atoms in total. The molecule has 1 spiro atoms. The zero-order chi connectivity index (χ0) is 15.2. The van der Waals surface area contributed by atoms with E-state index in [-0.39, 0.29) is 17.5 Å². The molecule has 0 bridgehead atoms. The number of amides is 4. The van der Waals surface area contributed by atoms with Gasteiger partial charge in [-0.2, -0.15) is 0 Å². The molecule has 1 N–H and O–H groups in total. The zero-order valence-electron chi connectivity index (χ0n) is 11.4. The number of fused-ring (bicyclic) bond motifs is 1. The van der Waals surface area contributed by atoms with Crippen LogP contribution in [-0.2, 0) is 17.6 Å². The number of carbonyl (C=O) groups excluding carboxylic acids is 3. The highest BCUT2D eigenvalue weighted by Crippen LogP contribution is 2.36. The number of aryl methyl sites for hydroxylation is 1. The van der Waals surface area contributed by atoms with E-state index in [9.17, 15) is 19.3 Å². The lowest BCUT2D eigenvalue weighted by atomic mass is 9.77. The SMILES string of the molecule is CN1C(=O)NC(=O)C12CCc1cc(C(=O)N=O)ccc1C2. The molecule has 1 aliphatic heterocycles. The highest BCUT2D eigenvalue weighted by Gasteiger charge is 2.52. The van der Waals surface area contributed by atoms with Crippen LogP contribution < -0.4 is 5.32 Å². The van der Waals surface area contributed by atoms with Crippen molar-refractivity contribution in [2.75, 3.05) is 7.05 Å². The van der Waals surface area contributed by atoms with Gasteiger partial charge in [0.05, 0.1) is 0 Å². The van der Waals surface area contributed by atoms with Crippen molar-refractivity contribution in [3.8, 4) is 0 Å². The fraction of sp³-hybridized carbons (Fsp3) is 0.357. The van der Waals surface area contributed by atoms with Crippen molar-refractivity contribution in [1.82, 2.24) is 10.2 Å². The Hall–Kier alpha value is -2.57. The summed E-state index contributed by atoms with van der Waals surface area (Å²) < 4.78 is 0. The fourth-order valence-electron chi connectivity index (χ4n) is 3.09. The zero-order valence-corrected chi connectivity index (χ0v) is 11.4. The Morgan fingerprint density at radius 1 is 1.33 bits per heavy atom. The van der Waals surface area contributed by atoms with E-state index in [0.29, 0.717) is 19.3 Å². The van der Waals surface area contributed by atoms with Crippen molar-refractivity contribution in [1.29, 1.82) is 0 Å². The Morgan fingerprint density at radius 2 is 2.10 bits per heavy atom. The van der Waals surface area contributed by atoms with Crippen LogP contribution in [0.2, 0.25) is 0 Å². The van der Waals surface area contributed by atoms with Crippen molar-refractivity contribution in [2.45, 2.75) is 24.8 Å². The molecule has 1 aliphatic carbocycles. The second kappa shape index (κ2) is 4.47. The topological polar surface area (TPSA) is 95.9 Å². The van der Waals surface area contributed by atoms with Crippen LogP contribution in [0.25, 0.3) is 0 Å². The number of nitrogens with one attached hydrogen (secondary N) is 1. The second-order valence-corrected chi connectivity index (χ2v) is 5.41. The van der Waals surface area contributed by atoms with Crippen LogP contribution in [-0.4, -0.2) is 35.3 Å². The predicted molar refractivity (Wildman–Crippen MR) is 72.6 cm³/mol. The molecule has 4 amide bonds. The maximum atomic E-state index is 12.1. The Labute approximate surface area is 120 Å². The number of urea groups is 1. The largest absolute Gasteiger partial charge is 0.324 e. The van der Waals surface area contributed by atoms with Gasteiger partial charge in [0.15, 0.2) is 0 Å². The minimum Gasteiger partial charge on any atom is -0.312 e. The number of rotatable bonds is 1. The van der Waals surface area contributed by atoms with Gasteiger partial charge in [-0.15, -0.1) is 4.91 Å². The predicted octanol–water partition coefficient (Wildman–Crippen LogP) is 1.00. The smallest absolute Gasteiger partial charge is 0.312 e. The number of hydrogen-bond donors (Lipinski definition) is 1. The van der Waals surface area contributed by atoms with Gasteiger partial charge >= 0.3 is 11.9 Å². The molecule has 0 saturated carbocycles. The van der Waals surface area contributed by atoms with Crippen LogP contribution in [0.4, 0.5) is 4.79 Å². The first-order chi connectivity index (χ1) is 9.98. The molecule has 1 aromatic rings. The average Bonchev–Trinajstić information content (AvgIpc) is 2.70. The normalized spacial score (nSPS) is 24.0. The Morgan fingerprint density at radius 3 is 2.71 bits per heavy atom. The van der Waals surface area contributed by atoms with Gasteiger partial charge in [0, 0.05) is 24.2 Å². The number of hydrogen-bond acceptors (Lipinski definition) is 4. The van der Waals surface area contributed by atoms with Crippen molar-refractivity contribution in [2.24, 2.45) is 5.18 Å². The molecule has 2 aliphatic rings. The summed E-state index contributed by atoms with van der Waals surface area (Å²) in [6, 6.07) is 4.50. The quantitative estimate of drug-likeness (QED) is 0.615. The molecule has 108 valence electrons. The van der Waals surface area contributed by atoms with Crippen LogP contribution >= 0.6 is 0 Å². The van der Waals surface area contributed by atoms with E-state index in [1.165, 1.54) is 11.0 Å². The number of nitrogens with zero attached hydrogens (tertiary/aromatic N) is 2. The maximum Gasteiger partial charge on any atom is 0.324 e. The van der Waals surface area contributed by atoms with Gasteiger partial charge in [-0.25, -0.2) is 4.79 Å². The molecule has 1 aromatic carbocycles. The minimum absolute atomic E-state index is 0.250. The molecular weight excluding hydrogens is 274 g/mol. The summed E-state index contributed by atoms with van der Waals surface area (Å²) in [4.78, 5) is 46.8. The third-order valence-electron chi connectivity index (χ3n) is 4.42. The fourth-order valence-corrected chi connectivity index (χ4v) is 3.09. The number of likely N-dealkylation sites (N-methyl/N-ethyl adjacent to an activating group) is 1. The number of imide groups is 1. The van der Waals surface area contributed by atoms with Gasteiger partial charge in [0.2, 0.25) is 0 Å². The van der Waals surface area contributed by atoms with E-state index in [1.807, 2.05) is 0 Å².